The molecule has 0 fully saturated rings. The predicted molar refractivity (Wildman–Crippen MR) is 60.1 cm³/mol. The summed E-state index contributed by atoms with van der Waals surface area (Å²) in [4.78, 5) is 6.30. The second kappa shape index (κ2) is 5.85. The van der Waals surface area contributed by atoms with Gasteiger partial charge in [-0.05, 0) is 19.1 Å². The Kier molecular flexibility index (Phi) is 4.40. The van der Waals surface area contributed by atoms with Crippen LogP contribution >= 0.6 is 0 Å². The van der Waals surface area contributed by atoms with Crippen molar-refractivity contribution in [1.29, 1.82) is 0 Å². The van der Waals surface area contributed by atoms with Crippen molar-refractivity contribution >= 4 is 11.7 Å². The van der Waals surface area contributed by atoms with Crippen LogP contribution in [0, 0.1) is 0 Å². The fourth-order valence-electron chi connectivity index (χ4n) is 1.27. The van der Waals surface area contributed by atoms with E-state index in [4.69, 9.17) is 10.9 Å². The minimum atomic E-state index is 0.240. The minimum Gasteiger partial charge on any atom is -0.409 e. The summed E-state index contributed by atoms with van der Waals surface area (Å²) in [5, 5.41) is 11.4. The Morgan fingerprint density at radius 1 is 1.60 bits per heavy atom. The SMILES string of the molecule is CCN(CCC(N)=NO)c1ccccn1. The zero-order valence-corrected chi connectivity index (χ0v) is 8.80. The number of oxime groups is 1. The fraction of sp³-hybridized carbons (Fsp3) is 0.400. The van der Waals surface area contributed by atoms with Crippen molar-refractivity contribution in [1.82, 2.24) is 4.98 Å². The van der Waals surface area contributed by atoms with Crippen LogP contribution < -0.4 is 10.6 Å². The molecule has 1 heterocycles. The van der Waals surface area contributed by atoms with Gasteiger partial charge in [0.1, 0.15) is 11.7 Å². The van der Waals surface area contributed by atoms with Crippen LogP contribution in [-0.4, -0.2) is 29.1 Å². The molecule has 0 aliphatic heterocycles. The molecule has 0 radical (unpaired) electrons. The highest BCUT2D eigenvalue weighted by molar-refractivity contribution is 5.80. The predicted octanol–water partition coefficient (Wildman–Crippen LogP) is 1.04. The zero-order chi connectivity index (χ0) is 11.1. The fourth-order valence-corrected chi connectivity index (χ4v) is 1.27. The average molecular weight is 208 g/mol. The number of hydrogen-bond acceptors (Lipinski definition) is 4. The molecule has 0 aliphatic carbocycles. The average Bonchev–Trinajstić information content (AvgIpc) is 2.31. The third-order valence-corrected chi connectivity index (χ3v) is 2.12. The van der Waals surface area contributed by atoms with Crippen LogP contribution in [0.25, 0.3) is 0 Å². The van der Waals surface area contributed by atoms with E-state index in [-0.39, 0.29) is 5.84 Å². The van der Waals surface area contributed by atoms with E-state index in [0.29, 0.717) is 13.0 Å². The van der Waals surface area contributed by atoms with Gasteiger partial charge in [-0.3, -0.25) is 0 Å². The number of nitrogens with two attached hydrogens (primary N) is 1. The first-order valence-corrected chi connectivity index (χ1v) is 4.90. The summed E-state index contributed by atoms with van der Waals surface area (Å²) in [6, 6.07) is 5.76. The van der Waals surface area contributed by atoms with Crippen molar-refractivity contribution in [2.24, 2.45) is 10.9 Å². The highest BCUT2D eigenvalue weighted by atomic mass is 16.4. The number of anilines is 1. The molecule has 1 aromatic rings. The van der Waals surface area contributed by atoms with Gasteiger partial charge in [-0.15, -0.1) is 0 Å². The zero-order valence-electron chi connectivity index (χ0n) is 8.80. The molecule has 0 saturated heterocycles. The van der Waals surface area contributed by atoms with Crippen LogP contribution in [0.1, 0.15) is 13.3 Å². The molecule has 82 valence electrons. The number of amidine groups is 1. The number of aromatic nitrogens is 1. The Morgan fingerprint density at radius 3 is 2.93 bits per heavy atom. The van der Waals surface area contributed by atoms with Crippen LogP contribution in [0.5, 0.6) is 0 Å². The van der Waals surface area contributed by atoms with E-state index < -0.39 is 0 Å². The number of rotatable bonds is 5. The van der Waals surface area contributed by atoms with Gasteiger partial charge in [0.15, 0.2) is 0 Å². The highest BCUT2D eigenvalue weighted by Crippen LogP contribution is 2.08. The lowest BCUT2D eigenvalue weighted by molar-refractivity contribution is 0.317. The molecule has 1 rings (SSSR count). The lowest BCUT2D eigenvalue weighted by Crippen LogP contribution is -2.28. The van der Waals surface area contributed by atoms with Crippen molar-refractivity contribution in [3.63, 3.8) is 0 Å². The smallest absolute Gasteiger partial charge is 0.140 e. The molecule has 0 amide bonds. The highest BCUT2D eigenvalue weighted by Gasteiger charge is 2.05. The molecular weight excluding hydrogens is 192 g/mol. The molecule has 0 unspecified atom stereocenters. The molecule has 5 heteroatoms. The summed E-state index contributed by atoms with van der Waals surface area (Å²) >= 11 is 0. The Labute approximate surface area is 89.2 Å². The van der Waals surface area contributed by atoms with Crippen LogP contribution in [0.2, 0.25) is 0 Å². The van der Waals surface area contributed by atoms with Crippen LogP contribution in [0.3, 0.4) is 0 Å². The Bertz CT molecular complexity index is 312. The molecule has 0 aromatic carbocycles. The van der Waals surface area contributed by atoms with E-state index in [0.717, 1.165) is 12.4 Å². The standard InChI is InChI=1S/C10H16N4O/c1-2-14(8-6-9(11)13-15)10-5-3-4-7-12-10/h3-5,7,15H,2,6,8H2,1H3,(H2,11,13). The summed E-state index contributed by atoms with van der Waals surface area (Å²) in [5.41, 5.74) is 5.41. The van der Waals surface area contributed by atoms with Gasteiger partial charge in [0, 0.05) is 25.7 Å². The third-order valence-electron chi connectivity index (χ3n) is 2.12. The number of pyridine rings is 1. The molecule has 5 nitrogen and oxygen atoms in total. The van der Waals surface area contributed by atoms with Gasteiger partial charge in [-0.1, -0.05) is 11.2 Å². The number of hydrogen-bond donors (Lipinski definition) is 2. The van der Waals surface area contributed by atoms with Crippen LogP contribution in [0.15, 0.2) is 29.6 Å². The molecule has 15 heavy (non-hydrogen) atoms. The van der Waals surface area contributed by atoms with E-state index in [9.17, 15) is 0 Å². The largest absolute Gasteiger partial charge is 0.409 e. The number of nitrogens with zero attached hydrogens (tertiary/aromatic N) is 3. The third kappa shape index (κ3) is 3.46. The first-order valence-electron chi connectivity index (χ1n) is 4.90. The monoisotopic (exact) mass is 208 g/mol. The van der Waals surface area contributed by atoms with Gasteiger partial charge in [-0.25, -0.2) is 4.98 Å². The molecule has 0 saturated carbocycles. The first kappa shape index (κ1) is 11.3. The van der Waals surface area contributed by atoms with Crippen molar-refractivity contribution in [3.8, 4) is 0 Å². The maximum Gasteiger partial charge on any atom is 0.140 e. The summed E-state index contributed by atoms with van der Waals surface area (Å²) in [6.45, 7) is 3.58. The van der Waals surface area contributed by atoms with Crippen molar-refractivity contribution in [3.05, 3.63) is 24.4 Å². The van der Waals surface area contributed by atoms with Crippen molar-refractivity contribution < 1.29 is 5.21 Å². The second-order valence-corrected chi connectivity index (χ2v) is 3.11. The molecular formula is C10H16N4O. The van der Waals surface area contributed by atoms with Gasteiger partial charge >= 0.3 is 0 Å². The van der Waals surface area contributed by atoms with Gasteiger partial charge in [0.2, 0.25) is 0 Å². The van der Waals surface area contributed by atoms with E-state index in [1.807, 2.05) is 25.1 Å². The lowest BCUT2D eigenvalue weighted by atomic mass is 10.3. The van der Waals surface area contributed by atoms with Crippen LogP contribution in [-0.2, 0) is 0 Å². The Balaban J connectivity index is 2.57. The van der Waals surface area contributed by atoms with Crippen molar-refractivity contribution in [2.75, 3.05) is 18.0 Å². The second-order valence-electron chi connectivity index (χ2n) is 3.11. The minimum absolute atomic E-state index is 0.240. The normalized spacial score (nSPS) is 11.4. The Morgan fingerprint density at radius 2 is 2.40 bits per heavy atom. The van der Waals surface area contributed by atoms with E-state index >= 15 is 0 Å². The first-order chi connectivity index (χ1) is 7.27. The Hall–Kier alpha value is -1.78. The molecule has 0 atom stereocenters. The van der Waals surface area contributed by atoms with E-state index in [1.165, 1.54) is 0 Å². The van der Waals surface area contributed by atoms with E-state index in [1.54, 1.807) is 6.20 Å². The summed E-state index contributed by atoms with van der Waals surface area (Å²) in [6.07, 6.45) is 2.28. The quantitative estimate of drug-likeness (QED) is 0.328. The van der Waals surface area contributed by atoms with Crippen molar-refractivity contribution in [2.45, 2.75) is 13.3 Å². The molecule has 1 aromatic heterocycles. The van der Waals surface area contributed by atoms with E-state index in [2.05, 4.69) is 15.0 Å². The van der Waals surface area contributed by atoms with Crippen LogP contribution in [0.4, 0.5) is 5.82 Å². The van der Waals surface area contributed by atoms with Gasteiger partial charge in [0.25, 0.3) is 0 Å². The summed E-state index contributed by atoms with van der Waals surface area (Å²) in [5.74, 6) is 1.15. The molecule has 0 aliphatic rings. The maximum absolute atomic E-state index is 8.42. The lowest BCUT2D eigenvalue weighted by Gasteiger charge is -2.21. The molecule has 0 spiro atoms. The molecule has 0 bridgehead atoms. The summed E-state index contributed by atoms with van der Waals surface area (Å²) in [7, 11) is 0. The van der Waals surface area contributed by atoms with Gasteiger partial charge in [0.05, 0.1) is 0 Å². The van der Waals surface area contributed by atoms with Gasteiger partial charge in [-0.2, -0.15) is 0 Å². The van der Waals surface area contributed by atoms with Gasteiger partial charge < -0.3 is 15.8 Å². The molecule has 3 N–H and O–H groups in total. The topological polar surface area (TPSA) is 74.7 Å². The summed E-state index contributed by atoms with van der Waals surface area (Å²) < 4.78 is 0. The maximum atomic E-state index is 8.42.